The molecule has 2 aromatic heterocycles. The van der Waals surface area contributed by atoms with E-state index < -0.39 is 0 Å². The summed E-state index contributed by atoms with van der Waals surface area (Å²) in [5, 5.41) is 14.2. The van der Waals surface area contributed by atoms with Gasteiger partial charge in [0.05, 0.1) is 4.88 Å². The van der Waals surface area contributed by atoms with E-state index in [1.54, 1.807) is 11.3 Å². The Bertz CT molecular complexity index is 497. The maximum absolute atomic E-state index is 4.31. The van der Waals surface area contributed by atoms with E-state index in [9.17, 15) is 0 Å². The number of nitrogens with one attached hydrogen (secondary N) is 1. The summed E-state index contributed by atoms with van der Waals surface area (Å²) in [6, 6.07) is 2.22. The first-order valence-electron chi connectivity index (χ1n) is 6.81. The molecule has 0 spiro atoms. The summed E-state index contributed by atoms with van der Waals surface area (Å²) < 4.78 is 0. The molecular weight excluding hydrogens is 274 g/mol. The van der Waals surface area contributed by atoms with Crippen molar-refractivity contribution in [2.75, 3.05) is 13.1 Å². The Morgan fingerprint density at radius 1 is 1.16 bits per heavy atom. The summed E-state index contributed by atoms with van der Waals surface area (Å²) in [6.07, 6.45) is 3.36. The summed E-state index contributed by atoms with van der Waals surface area (Å²) in [5.74, 6) is 0. The molecule has 0 aliphatic heterocycles. The van der Waals surface area contributed by atoms with Gasteiger partial charge >= 0.3 is 0 Å². The first-order valence-corrected chi connectivity index (χ1v) is 8.44. The third-order valence-corrected chi connectivity index (χ3v) is 5.32. The Kier molecular flexibility index (Phi) is 5.48. The van der Waals surface area contributed by atoms with Gasteiger partial charge in [0.1, 0.15) is 5.01 Å². The monoisotopic (exact) mass is 295 g/mol. The van der Waals surface area contributed by atoms with Crippen LogP contribution in [0.15, 0.2) is 6.07 Å². The SMILES string of the molecule is CCCNCCCc1nnc(-c2cc(C)c(C)s2)s1. The average Bonchev–Trinajstić information content (AvgIpc) is 2.97. The highest BCUT2D eigenvalue weighted by Crippen LogP contribution is 2.32. The fourth-order valence-electron chi connectivity index (χ4n) is 1.80. The molecule has 0 atom stereocenters. The Labute approximate surface area is 123 Å². The van der Waals surface area contributed by atoms with Crippen LogP contribution in [-0.2, 0) is 6.42 Å². The normalized spacial score (nSPS) is 11.1. The van der Waals surface area contributed by atoms with Crippen molar-refractivity contribution >= 4 is 22.7 Å². The molecule has 0 aliphatic carbocycles. The summed E-state index contributed by atoms with van der Waals surface area (Å²) in [5.41, 5.74) is 1.35. The molecule has 0 radical (unpaired) electrons. The quantitative estimate of drug-likeness (QED) is 0.789. The second kappa shape index (κ2) is 7.12. The molecule has 0 saturated heterocycles. The molecule has 0 saturated carbocycles. The standard InChI is InChI=1S/C14H21N3S2/c1-4-7-15-8-5-6-13-16-17-14(19-13)12-9-10(2)11(3)18-12/h9,15H,4-8H2,1-3H3. The minimum Gasteiger partial charge on any atom is -0.317 e. The van der Waals surface area contributed by atoms with Gasteiger partial charge in [-0.05, 0) is 51.4 Å². The highest BCUT2D eigenvalue weighted by atomic mass is 32.1. The molecule has 0 bridgehead atoms. The van der Waals surface area contributed by atoms with Crippen LogP contribution >= 0.6 is 22.7 Å². The van der Waals surface area contributed by atoms with Gasteiger partial charge in [0.2, 0.25) is 0 Å². The predicted molar refractivity (Wildman–Crippen MR) is 84.2 cm³/mol. The Hall–Kier alpha value is -0.780. The van der Waals surface area contributed by atoms with Gasteiger partial charge in [0.15, 0.2) is 5.01 Å². The fourth-order valence-corrected chi connectivity index (χ4v) is 3.76. The second-order valence-corrected chi connectivity index (χ2v) is 7.02. The number of rotatable bonds is 7. The summed E-state index contributed by atoms with van der Waals surface area (Å²) >= 11 is 3.54. The molecule has 0 aliphatic rings. The number of aromatic nitrogens is 2. The summed E-state index contributed by atoms with van der Waals surface area (Å²) in [7, 11) is 0. The lowest BCUT2D eigenvalue weighted by atomic mass is 10.3. The van der Waals surface area contributed by atoms with Gasteiger partial charge in [0, 0.05) is 11.3 Å². The van der Waals surface area contributed by atoms with Crippen molar-refractivity contribution in [3.63, 3.8) is 0 Å². The maximum atomic E-state index is 4.31. The molecule has 3 nitrogen and oxygen atoms in total. The largest absolute Gasteiger partial charge is 0.317 e. The minimum absolute atomic E-state index is 1.03. The van der Waals surface area contributed by atoms with Crippen molar-refractivity contribution in [3.8, 4) is 9.88 Å². The van der Waals surface area contributed by atoms with Crippen LogP contribution in [0.3, 0.4) is 0 Å². The van der Waals surface area contributed by atoms with E-state index in [-0.39, 0.29) is 0 Å². The van der Waals surface area contributed by atoms with Crippen molar-refractivity contribution in [2.45, 2.75) is 40.0 Å². The number of thiophene rings is 1. The molecule has 0 amide bonds. The van der Waals surface area contributed by atoms with Gasteiger partial charge in [-0.15, -0.1) is 21.5 Å². The molecule has 0 fully saturated rings. The van der Waals surface area contributed by atoms with Gasteiger partial charge in [-0.2, -0.15) is 0 Å². The molecule has 5 heteroatoms. The van der Waals surface area contributed by atoms with Crippen LogP contribution in [0.25, 0.3) is 9.88 Å². The number of hydrogen-bond donors (Lipinski definition) is 1. The number of hydrogen-bond acceptors (Lipinski definition) is 5. The van der Waals surface area contributed by atoms with Crippen LogP contribution in [0, 0.1) is 13.8 Å². The molecule has 19 heavy (non-hydrogen) atoms. The van der Waals surface area contributed by atoms with Gasteiger partial charge in [0.25, 0.3) is 0 Å². The van der Waals surface area contributed by atoms with E-state index in [0.29, 0.717) is 0 Å². The van der Waals surface area contributed by atoms with Crippen LogP contribution < -0.4 is 5.32 Å². The Balaban J connectivity index is 1.88. The lowest BCUT2D eigenvalue weighted by molar-refractivity contribution is 0.637. The van der Waals surface area contributed by atoms with Crippen molar-refractivity contribution in [3.05, 3.63) is 21.5 Å². The molecule has 2 aromatic rings. The first-order chi connectivity index (χ1) is 9.20. The summed E-state index contributed by atoms with van der Waals surface area (Å²) in [4.78, 5) is 2.62. The smallest absolute Gasteiger partial charge is 0.157 e. The van der Waals surface area contributed by atoms with E-state index >= 15 is 0 Å². The molecule has 2 heterocycles. The Morgan fingerprint density at radius 2 is 2.00 bits per heavy atom. The third kappa shape index (κ3) is 4.09. The van der Waals surface area contributed by atoms with E-state index in [0.717, 1.165) is 35.9 Å². The van der Waals surface area contributed by atoms with Gasteiger partial charge < -0.3 is 5.32 Å². The van der Waals surface area contributed by atoms with E-state index in [4.69, 9.17) is 0 Å². The molecule has 2 rings (SSSR count). The van der Waals surface area contributed by atoms with Crippen LogP contribution in [-0.4, -0.2) is 23.3 Å². The van der Waals surface area contributed by atoms with Gasteiger partial charge in [-0.3, -0.25) is 0 Å². The first kappa shape index (κ1) is 14.6. The molecular formula is C14H21N3S2. The van der Waals surface area contributed by atoms with Crippen molar-refractivity contribution in [1.29, 1.82) is 0 Å². The second-order valence-electron chi connectivity index (χ2n) is 4.70. The van der Waals surface area contributed by atoms with Crippen molar-refractivity contribution < 1.29 is 0 Å². The minimum atomic E-state index is 1.03. The van der Waals surface area contributed by atoms with Crippen LogP contribution in [0.2, 0.25) is 0 Å². The maximum Gasteiger partial charge on any atom is 0.157 e. The fraction of sp³-hybridized carbons (Fsp3) is 0.571. The zero-order valence-corrected chi connectivity index (χ0v) is 13.5. The third-order valence-electron chi connectivity index (χ3n) is 3.01. The molecule has 104 valence electrons. The van der Waals surface area contributed by atoms with Crippen molar-refractivity contribution in [1.82, 2.24) is 15.5 Å². The zero-order chi connectivity index (χ0) is 13.7. The van der Waals surface area contributed by atoms with Gasteiger partial charge in [-0.25, -0.2) is 0 Å². The molecule has 0 unspecified atom stereocenters. The van der Waals surface area contributed by atoms with Crippen LogP contribution in [0.4, 0.5) is 0 Å². The van der Waals surface area contributed by atoms with E-state index in [1.807, 2.05) is 11.3 Å². The molecule has 1 N–H and O–H groups in total. The zero-order valence-electron chi connectivity index (χ0n) is 11.8. The predicted octanol–water partition coefficient (Wildman–Crippen LogP) is 3.82. The topological polar surface area (TPSA) is 37.8 Å². The Morgan fingerprint density at radius 3 is 2.68 bits per heavy atom. The van der Waals surface area contributed by atoms with Crippen molar-refractivity contribution in [2.24, 2.45) is 0 Å². The highest BCUT2D eigenvalue weighted by molar-refractivity contribution is 7.21. The summed E-state index contributed by atoms with van der Waals surface area (Å²) in [6.45, 7) is 8.67. The van der Waals surface area contributed by atoms with Crippen LogP contribution in [0.5, 0.6) is 0 Å². The lowest BCUT2D eigenvalue weighted by Gasteiger charge is -1.99. The van der Waals surface area contributed by atoms with E-state index in [1.165, 1.54) is 21.7 Å². The highest BCUT2D eigenvalue weighted by Gasteiger charge is 2.10. The van der Waals surface area contributed by atoms with Crippen LogP contribution in [0.1, 0.15) is 35.2 Å². The van der Waals surface area contributed by atoms with Gasteiger partial charge in [-0.1, -0.05) is 18.3 Å². The number of aryl methyl sites for hydroxylation is 3. The molecule has 0 aromatic carbocycles. The average molecular weight is 295 g/mol. The number of nitrogens with zero attached hydrogens (tertiary/aromatic N) is 2. The van der Waals surface area contributed by atoms with E-state index in [2.05, 4.69) is 42.4 Å². The lowest BCUT2D eigenvalue weighted by Crippen LogP contribution is -2.16.